The van der Waals surface area contributed by atoms with Crippen molar-refractivity contribution in [3.05, 3.63) is 128 Å². The number of carbonyl (C=O) groups is 3. The maximum Gasteiger partial charge on any atom is 0.339 e. The number of imidazole rings is 1. The maximum atomic E-state index is 12.7. The van der Waals surface area contributed by atoms with Gasteiger partial charge in [-0.3, -0.25) is 23.7 Å². The van der Waals surface area contributed by atoms with Gasteiger partial charge in [0.25, 0.3) is 0 Å². The van der Waals surface area contributed by atoms with Crippen molar-refractivity contribution in [1.29, 1.82) is 0 Å². The van der Waals surface area contributed by atoms with Crippen LogP contribution in [0.4, 0.5) is 0 Å². The summed E-state index contributed by atoms with van der Waals surface area (Å²) < 4.78 is 28.0. The highest BCUT2D eigenvalue weighted by Crippen LogP contribution is 2.33. The van der Waals surface area contributed by atoms with Gasteiger partial charge in [0.15, 0.2) is 5.16 Å². The summed E-state index contributed by atoms with van der Waals surface area (Å²) in [7, 11) is 1.91. The Kier molecular flexibility index (Phi) is 14.6. The van der Waals surface area contributed by atoms with Crippen molar-refractivity contribution in [2.45, 2.75) is 50.7 Å². The second-order valence-electron chi connectivity index (χ2n) is 12.7. The van der Waals surface area contributed by atoms with Crippen LogP contribution in [0.2, 0.25) is 5.02 Å². The Bertz CT molecular complexity index is 2420. The number of hydrogen-bond donors (Lipinski definition) is 3. The number of H-pyrrole nitrogens is 1. The van der Waals surface area contributed by atoms with Gasteiger partial charge in [-0.1, -0.05) is 41.9 Å². The third-order valence-electron chi connectivity index (χ3n) is 8.91. The number of halogens is 1. The van der Waals surface area contributed by atoms with Crippen LogP contribution < -0.4 is 14.2 Å². The molecule has 16 heteroatoms. The molecular weight excluding hydrogens is 792 g/mol. The number of aliphatic carboxylic acids is 1. The van der Waals surface area contributed by atoms with Gasteiger partial charge in [-0.05, 0) is 73.2 Å². The third kappa shape index (κ3) is 10.6. The minimum atomic E-state index is -1.33. The molecular formula is C41H41ClN4O9S2. The lowest BCUT2D eigenvalue weighted by molar-refractivity contribution is -0.144. The zero-order valence-electron chi connectivity index (χ0n) is 31.8. The predicted octanol–water partition coefficient (Wildman–Crippen LogP) is 7.80. The van der Waals surface area contributed by atoms with Crippen molar-refractivity contribution in [2.75, 3.05) is 20.8 Å². The Morgan fingerprint density at radius 3 is 2.44 bits per heavy atom. The summed E-state index contributed by atoms with van der Waals surface area (Å²) >= 11 is 7.92. The standard InChI is InChI=1S/C17H19N3O3S.C15H14ClNO2S.C9H8O4/c1-10-8-18-15(11(2)16(10)23-4)9-24(21)17-19-13-6-5-12(22-3)7-14(13)20-17;16-12-4-2-1-3-11(12)14(15(18)19)17-7-5-13-10(9-17)6-8-20-13;1-6(10)13-8-5-3-2-4-7(8)9(11)12/h5-8H,9H2,1-4H3,(H,19,20);1-4,6,8,14H,5,7,9H2,(H,18,19);2-5H,1H3,(H,11,12)/t;14-;/m.0./s1. The SMILES string of the molecule is CC(=O)Oc1ccccc1C(=O)O.COc1ccc2nc(S(=O)Cc3ncc(C)c(OC)c3C)[nH]c2c1.O=C(O)[C@H](c1ccccc1Cl)N1CCc2sccc2C1. The molecule has 1 aliphatic heterocycles. The van der Waals surface area contributed by atoms with Crippen molar-refractivity contribution < 1.29 is 43.0 Å². The van der Waals surface area contributed by atoms with E-state index in [1.807, 2.05) is 49.1 Å². The molecule has 1 aliphatic rings. The number of nitrogens with one attached hydrogen (secondary N) is 1. The molecule has 7 rings (SSSR count). The third-order valence-corrected chi connectivity index (χ3v) is 11.4. The number of hydrogen-bond acceptors (Lipinski definition) is 11. The fraction of sp³-hybridized carbons (Fsp3) is 0.244. The van der Waals surface area contributed by atoms with E-state index in [2.05, 4.69) is 31.1 Å². The first-order valence-electron chi connectivity index (χ1n) is 17.5. The van der Waals surface area contributed by atoms with E-state index in [1.165, 1.54) is 29.5 Å². The number of fused-ring (bicyclic) bond motifs is 2. The molecule has 0 spiro atoms. The molecule has 0 amide bonds. The Morgan fingerprint density at radius 1 is 1.02 bits per heavy atom. The number of methoxy groups -OCH3 is 2. The predicted molar refractivity (Wildman–Crippen MR) is 218 cm³/mol. The molecule has 6 aromatic rings. The van der Waals surface area contributed by atoms with Crippen LogP contribution in [-0.2, 0) is 39.1 Å². The van der Waals surface area contributed by atoms with Gasteiger partial charge in [0.1, 0.15) is 28.9 Å². The van der Waals surface area contributed by atoms with Crippen LogP contribution in [0.1, 0.15) is 56.1 Å². The zero-order chi connectivity index (χ0) is 41.2. The number of carboxylic acid groups (broad SMARTS) is 2. The van der Waals surface area contributed by atoms with E-state index >= 15 is 0 Å². The van der Waals surface area contributed by atoms with Crippen LogP contribution >= 0.6 is 22.9 Å². The second kappa shape index (κ2) is 19.5. The Labute approximate surface area is 340 Å². The molecule has 3 N–H and O–H groups in total. The molecule has 298 valence electrons. The molecule has 2 atom stereocenters. The average Bonchev–Trinajstić information content (AvgIpc) is 3.84. The topological polar surface area (TPSA) is 181 Å². The molecule has 4 heterocycles. The quantitative estimate of drug-likeness (QED) is 0.0902. The van der Waals surface area contributed by atoms with E-state index in [1.54, 1.807) is 56.0 Å². The van der Waals surface area contributed by atoms with E-state index in [-0.39, 0.29) is 17.1 Å². The number of esters is 1. The molecule has 3 aromatic heterocycles. The molecule has 0 saturated heterocycles. The van der Waals surface area contributed by atoms with Crippen LogP contribution in [-0.4, -0.2) is 72.9 Å². The lowest BCUT2D eigenvalue weighted by Crippen LogP contribution is -2.37. The summed E-state index contributed by atoms with van der Waals surface area (Å²) in [5.41, 5.74) is 6.05. The molecule has 0 fully saturated rings. The van der Waals surface area contributed by atoms with Gasteiger partial charge in [0, 0.05) is 53.3 Å². The number of para-hydroxylation sites is 1. The van der Waals surface area contributed by atoms with Crippen LogP contribution in [0.3, 0.4) is 0 Å². The number of thiophene rings is 1. The van der Waals surface area contributed by atoms with Crippen molar-refractivity contribution in [3.8, 4) is 17.2 Å². The highest BCUT2D eigenvalue weighted by atomic mass is 35.5. The number of rotatable bonds is 10. The number of ether oxygens (including phenoxy) is 3. The number of pyridine rings is 1. The van der Waals surface area contributed by atoms with Crippen molar-refractivity contribution >= 4 is 62.7 Å². The van der Waals surface area contributed by atoms with E-state index in [0.29, 0.717) is 22.3 Å². The highest BCUT2D eigenvalue weighted by molar-refractivity contribution is 7.84. The molecule has 0 radical (unpaired) electrons. The van der Waals surface area contributed by atoms with E-state index in [0.717, 1.165) is 52.3 Å². The minimum Gasteiger partial charge on any atom is -0.497 e. The fourth-order valence-electron chi connectivity index (χ4n) is 6.17. The fourth-order valence-corrected chi connectivity index (χ4v) is 8.40. The lowest BCUT2D eigenvalue weighted by Gasteiger charge is -2.32. The number of aryl methyl sites for hydroxylation is 1. The van der Waals surface area contributed by atoms with E-state index in [4.69, 9.17) is 26.2 Å². The highest BCUT2D eigenvalue weighted by Gasteiger charge is 2.31. The lowest BCUT2D eigenvalue weighted by atomic mass is 10.0. The second-order valence-corrected chi connectivity index (χ2v) is 15.5. The van der Waals surface area contributed by atoms with Gasteiger partial charge in [0.05, 0.1) is 47.5 Å². The summed E-state index contributed by atoms with van der Waals surface area (Å²) in [4.78, 5) is 48.1. The smallest absolute Gasteiger partial charge is 0.339 e. The summed E-state index contributed by atoms with van der Waals surface area (Å²) in [6.45, 7) is 6.50. The number of aromatic nitrogens is 3. The maximum absolute atomic E-state index is 12.7. The van der Waals surface area contributed by atoms with Crippen molar-refractivity contribution in [1.82, 2.24) is 19.9 Å². The number of carboxylic acids is 2. The summed E-state index contributed by atoms with van der Waals surface area (Å²) in [6.07, 6.45) is 2.64. The van der Waals surface area contributed by atoms with Gasteiger partial charge in [-0.2, -0.15) is 0 Å². The molecule has 3 aromatic carbocycles. The summed E-state index contributed by atoms with van der Waals surface area (Å²) in [5, 5.41) is 21.3. The average molecular weight is 833 g/mol. The number of nitrogens with zero attached hydrogens (tertiary/aromatic N) is 3. The molecule has 1 unspecified atom stereocenters. The van der Waals surface area contributed by atoms with Gasteiger partial charge < -0.3 is 29.4 Å². The Morgan fingerprint density at radius 2 is 1.75 bits per heavy atom. The normalized spacial score (nSPS) is 13.2. The molecule has 0 bridgehead atoms. The van der Waals surface area contributed by atoms with Gasteiger partial charge in [-0.15, -0.1) is 11.3 Å². The first-order chi connectivity index (χ1) is 27.3. The molecule has 0 saturated carbocycles. The largest absolute Gasteiger partial charge is 0.497 e. The van der Waals surface area contributed by atoms with E-state index in [9.17, 15) is 23.7 Å². The van der Waals surface area contributed by atoms with Crippen LogP contribution in [0.15, 0.2) is 89.5 Å². The van der Waals surface area contributed by atoms with Crippen molar-refractivity contribution in [2.24, 2.45) is 0 Å². The minimum absolute atomic E-state index is 0.0160. The Hall–Kier alpha value is -5.61. The summed E-state index contributed by atoms with van der Waals surface area (Å²) in [6, 6.07) is 20.1. The molecule has 0 aliphatic carbocycles. The van der Waals surface area contributed by atoms with Gasteiger partial charge >= 0.3 is 17.9 Å². The zero-order valence-corrected chi connectivity index (χ0v) is 34.2. The first-order valence-corrected chi connectivity index (χ1v) is 20.1. The number of aromatic carboxylic acids is 1. The van der Waals surface area contributed by atoms with E-state index < -0.39 is 34.7 Å². The number of carbonyl (C=O) groups excluding carboxylic acids is 1. The van der Waals surface area contributed by atoms with Gasteiger partial charge in [-0.25, -0.2) is 9.78 Å². The van der Waals surface area contributed by atoms with Crippen LogP contribution in [0.25, 0.3) is 11.0 Å². The summed E-state index contributed by atoms with van der Waals surface area (Å²) in [5.74, 6) is -0.639. The number of benzene rings is 3. The monoisotopic (exact) mass is 832 g/mol. The van der Waals surface area contributed by atoms with Crippen molar-refractivity contribution in [3.63, 3.8) is 0 Å². The molecule has 13 nitrogen and oxygen atoms in total. The van der Waals surface area contributed by atoms with Crippen LogP contribution in [0, 0.1) is 13.8 Å². The number of aromatic amines is 1. The van der Waals surface area contributed by atoms with Crippen LogP contribution in [0.5, 0.6) is 17.2 Å². The van der Waals surface area contributed by atoms with Gasteiger partial charge in [0.2, 0.25) is 0 Å². The molecule has 57 heavy (non-hydrogen) atoms. The first kappa shape index (κ1) is 42.5. The Balaban J connectivity index is 0.000000171.